The molecule has 1 aromatic heterocycles. The second kappa shape index (κ2) is 4.55. The molecule has 78 valence electrons. The Bertz CT molecular complexity index is 277. The predicted octanol–water partition coefficient (Wildman–Crippen LogP) is 1.19. The lowest BCUT2D eigenvalue weighted by molar-refractivity contribution is 0.531. The fourth-order valence-electron chi connectivity index (χ4n) is 1.50. The molecule has 1 N–H and O–H groups in total. The summed E-state index contributed by atoms with van der Waals surface area (Å²) < 4.78 is 1.96. The Kier molecular flexibility index (Phi) is 3.14. The molecule has 1 fully saturated rings. The summed E-state index contributed by atoms with van der Waals surface area (Å²) in [5, 5.41) is 11.4. The zero-order valence-corrected chi connectivity index (χ0v) is 8.74. The van der Waals surface area contributed by atoms with Crippen LogP contribution in [0.4, 0.5) is 0 Å². The second-order valence-electron chi connectivity index (χ2n) is 3.99. The minimum atomic E-state index is 0.833. The number of nitrogens with zero attached hydrogens (tertiary/aromatic N) is 3. The third kappa shape index (κ3) is 2.80. The molecule has 1 aliphatic carbocycles. The number of hydrogen-bond donors (Lipinski definition) is 1. The summed E-state index contributed by atoms with van der Waals surface area (Å²) in [4.78, 5) is 0. The Morgan fingerprint density at radius 3 is 3.14 bits per heavy atom. The first-order valence-electron chi connectivity index (χ1n) is 5.48. The summed E-state index contributed by atoms with van der Waals surface area (Å²) in [6.07, 6.45) is 6.15. The molecule has 0 unspecified atom stereocenters. The number of rotatable bonds is 6. The lowest BCUT2D eigenvalue weighted by Gasteiger charge is -1.97. The van der Waals surface area contributed by atoms with Crippen LogP contribution in [0.2, 0.25) is 0 Å². The average Bonchev–Trinajstić information content (AvgIpc) is 2.92. The SMILES string of the molecule is CCNCc1cn(CCC2CC2)nn1. The van der Waals surface area contributed by atoms with Gasteiger partial charge in [-0.2, -0.15) is 0 Å². The van der Waals surface area contributed by atoms with Gasteiger partial charge in [0, 0.05) is 19.3 Å². The van der Waals surface area contributed by atoms with E-state index in [4.69, 9.17) is 0 Å². The highest BCUT2D eigenvalue weighted by atomic mass is 15.4. The molecular weight excluding hydrogens is 176 g/mol. The first-order valence-corrected chi connectivity index (χ1v) is 5.48. The summed E-state index contributed by atoms with van der Waals surface area (Å²) in [6, 6.07) is 0. The van der Waals surface area contributed by atoms with Gasteiger partial charge in [-0.1, -0.05) is 25.0 Å². The van der Waals surface area contributed by atoms with Gasteiger partial charge in [0.15, 0.2) is 0 Å². The standard InChI is InChI=1S/C10H18N4/c1-2-11-7-10-8-14(13-12-10)6-5-9-3-4-9/h8-9,11H,2-7H2,1H3. The average molecular weight is 194 g/mol. The zero-order chi connectivity index (χ0) is 9.80. The molecule has 2 rings (SSSR count). The molecule has 0 saturated heterocycles. The van der Waals surface area contributed by atoms with E-state index in [2.05, 4.69) is 22.6 Å². The summed E-state index contributed by atoms with van der Waals surface area (Å²) in [5.74, 6) is 0.969. The molecule has 1 aromatic rings. The van der Waals surface area contributed by atoms with Gasteiger partial charge in [-0.05, 0) is 18.9 Å². The van der Waals surface area contributed by atoms with Gasteiger partial charge >= 0.3 is 0 Å². The molecule has 0 atom stereocenters. The van der Waals surface area contributed by atoms with E-state index < -0.39 is 0 Å². The molecule has 4 heteroatoms. The maximum Gasteiger partial charge on any atom is 0.0964 e. The maximum absolute atomic E-state index is 4.10. The molecule has 0 radical (unpaired) electrons. The van der Waals surface area contributed by atoms with Crippen molar-refractivity contribution in [3.05, 3.63) is 11.9 Å². The minimum absolute atomic E-state index is 0.833. The number of nitrogens with one attached hydrogen (secondary N) is 1. The summed E-state index contributed by atoms with van der Waals surface area (Å²) in [7, 11) is 0. The van der Waals surface area contributed by atoms with E-state index in [-0.39, 0.29) is 0 Å². The van der Waals surface area contributed by atoms with Crippen LogP contribution in [0, 0.1) is 5.92 Å². The van der Waals surface area contributed by atoms with Crippen LogP contribution >= 0.6 is 0 Å². The highest BCUT2D eigenvalue weighted by molar-refractivity contribution is 4.91. The molecule has 1 saturated carbocycles. The topological polar surface area (TPSA) is 42.7 Å². The Morgan fingerprint density at radius 1 is 1.57 bits per heavy atom. The summed E-state index contributed by atoms with van der Waals surface area (Å²) in [5.41, 5.74) is 1.04. The quantitative estimate of drug-likeness (QED) is 0.739. The van der Waals surface area contributed by atoms with Crippen molar-refractivity contribution in [3.63, 3.8) is 0 Å². The Labute approximate surface area is 84.7 Å². The minimum Gasteiger partial charge on any atom is -0.311 e. The molecule has 14 heavy (non-hydrogen) atoms. The van der Waals surface area contributed by atoms with Gasteiger partial charge in [0.25, 0.3) is 0 Å². The summed E-state index contributed by atoms with van der Waals surface area (Å²) >= 11 is 0. The zero-order valence-electron chi connectivity index (χ0n) is 8.74. The predicted molar refractivity (Wildman–Crippen MR) is 54.7 cm³/mol. The fourth-order valence-corrected chi connectivity index (χ4v) is 1.50. The van der Waals surface area contributed by atoms with E-state index in [0.717, 1.165) is 31.2 Å². The first kappa shape index (κ1) is 9.65. The van der Waals surface area contributed by atoms with Crippen molar-refractivity contribution >= 4 is 0 Å². The molecule has 0 aliphatic heterocycles. The van der Waals surface area contributed by atoms with Crippen molar-refractivity contribution in [1.29, 1.82) is 0 Å². The molecule has 0 aromatic carbocycles. The molecule has 0 spiro atoms. The van der Waals surface area contributed by atoms with Gasteiger partial charge in [-0.3, -0.25) is 4.68 Å². The monoisotopic (exact) mass is 194 g/mol. The molecule has 0 bridgehead atoms. The van der Waals surface area contributed by atoms with Crippen molar-refractivity contribution in [3.8, 4) is 0 Å². The van der Waals surface area contributed by atoms with Crippen LogP contribution in [-0.2, 0) is 13.1 Å². The van der Waals surface area contributed by atoms with Gasteiger partial charge in [-0.25, -0.2) is 0 Å². The molecule has 1 aliphatic rings. The van der Waals surface area contributed by atoms with Crippen LogP contribution < -0.4 is 5.32 Å². The Morgan fingerprint density at radius 2 is 2.43 bits per heavy atom. The third-order valence-electron chi connectivity index (χ3n) is 2.61. The van der Waals surface area contributed by atoms with E-state index in [1.165, 1.54) is 19.3 Å². The van der Waals surface area contributed by atoms with E-state index >= 15 is 0 Å². The van der Waals surface area contributed by atoms with E-state index in [1.807, 2.05) is 10.9 Å². The maximum atomic E-state index is 4.10. The smallest absolute Gasteiger partial charge is 0.0964 e. The van der Waals surface area contributed by atoms with E-state index in [9.17, 15) is 0 Å². The largest absolute Gasteiger partial charge is 0.311 e. The number of aryl methyl sites for hydroxylation is 1. The lowest BCUT2D eigenvalue weighted by Crippen LogP contribution is -2.11. The van der Waals surface area contributed by atoms with Crippen LogP contribution in [-0.4, -0.2) is 21.5 Å². The van der Waals surface area contributed by atoms with Crippen molar-refractivity contribution < 1.29 is 0 Å². The normalized spacial score (nSPS) is 16.1. The Balaban J connectivity index is 1.76. The van der Waals surface area contributed by atoms with Crippen LogP contribution in [0.15, 0.2) is 6.20 Å². The highest BCUT2D eigenvalue weighted by Gasteiger charge is 2.20. The van der Waals surface area contributed by atoms with Gasteiger partial charge in [0.05, 0.1) is 5.69 Å². The van der Waals surface area contributed by atoms with Gasteiger partial charge in [0.2, 0.25) is 0 Å². The summed E-state index contributed by atoms with van der Waals surface area (Å²) in [6.45, 7) is 4.94. The molecular formula is C10H18N4. The lowest BCUT2D eigenvalue weighted by atomic mass is 10.3. The number of aromatic nitrogens is 3. The van der Waals surface area contributed by atoms with E-state index in [1.54, 1.807) is 0 Å². The molecule has 0 amide bonds. The number of hydrogen-bond acceptors (Lipinski definition) is 3. The fraction of sp³-hybridized carbons (Fsp3) is 0.800. The van der Waals surface area contributed by atoms with Crippen molar-refractivity contribution in [2.24, 2.45) is 5.92 Å². The van der Waals surface area contributed by atoms with Crippen molar-refractivity contribution in [2.45, 2.75) is 39.3 Å². The Hall–Kier alpha value is -0.900. The third-order valence-corrected chi connectivity index (χ3v) is 2.61. The van der Waals surface area contributed by atoms with Crippen molar-refractivity contribution in [2.75, 3.05) is 6.54 Å². The van der Waals surface area contributed by atoms with Crippen LogP contribution in [0.1, 0.15) is 31.9 Å². The first-order chi connectivity index (χ1) is 6.88. The van der Waals surface area contributed by atoms with E-state index in [0.29, 0.717) is 0 Å². The van der Waals surface area contributed by atoms with Crippen LogP contribution in [0.25, 0.3) is 0 Å². The van der Waals surface area contributed by atoms with Crippen LogP contribution in [0.3, 0.4) is 0 Å². The highest BCUT2D eigenvalue weighted by Crippen LogP contribution is 2.32. The van der Waals surface area contributed by atoms with Gasteiger partial charge in [0.1, 0.15) is 0 Å². The van der Waals surface area contributed by atoms with Crippen LogP contribution in [0.5, 0.6) is 0 Å². The molecule has 1 heterocycles. The van der Waals surface area contributed by atoms with Gasteiger partial charge in [-0.15, -0.1) is 5.10 Å². The van der Waals surface area contributed by atoms with Crippen molar-refractivity contribution in [1.82, 2.24) is 20.3 Å². The van der Waals surface area contributed by atoms with Gasteiger partial charge < -0.3 is 5.32 Å². The molecule has 4 nitrogen and oxygen atoms in total. The second-order valence-corrected chi connectivity index (χ2v) is 3.99.